The van der Waals surface area contributed by atoms with Crippen molar-refractivity contribution in [1.82, 2.24) is 5.32 Å². The zero-order valence-corrected chi connectivity index (χ0v) is 12.2. The summed E-state index contributed by atoms with van der Waals surface area (Å²) in [5, 5.41) is 7.54. The molecule has 0 aliphatic heterocycles. The molecule has 0 aliphatic rings. The van der Waals surface area contributed by atoms with Crippen LogP contribution in [0.1, 0.15) is 35.1 Å². The quantitative estimate of drug-likeness (QED) is 0.907. The monoisotopic (exact) mass is 288 g/mol. The largest absolute Gasteiger partial charge is 0.345 e. The summed E-state index contributed by atoms with van der Waals surface area (Å²) < 4.78 is 0. The van der Waals surface area contributed by atoms with Gasteiger partial charge in [-0.25, -0.2) is 0 Å². The molecular formula is C15H16N2O2S. The van der Waals surface area contributed by atoms with Crippen LogP contribution < -0.4 is 10.6 Å². The van der Waals surface area contributed by atoms with Gasteiger partial charge in [0.2, 0.25) is 5.91 Å². The topological polar surface area (TPSA) is 58.2 Å². The average Bonchev–Trinajstić information content (AvgIpc) is 2.92. The van der Waals surface area contributed by atoms with Gasteiger partial charge in [0.25, 0.3) is 5.91 Å². The van der Waals surface area contributed by atoms with Gasteiger partial charge in [0.1, 0.15) is 0 Å². The predicted molar refractivity (Wildman–Crippen MR) is 80.9 cm³/mol. The summed E-state index contributed by atoms with van der Waals surface area (Å²) in [6.07, 6.45) is 0. The fourth-order valence-electron chi connectivity index (χ4n) is 1.85. The highest BCUT2D eigenvalue weighted by molar-refractivity contribution is 7.12. The molecule has 2 aromatic rings. The normalized spacial score (nSPS) is 11.7. The van der Waals surface area contributed by atoms with E-state index in [0.29, 0.717) is 4.88 Å². The van der Waals surface area contributed by atoms with Crippen LogP contribution in [0.2, 0.25) is 0 Å². The van der Waals surface area contributed by atoms with Crippen LogP contribution in [0.3, 0.4) is 0 Å². The van der Waals surface area contributed by atoms with Crippen molar-refractivity contribution in [3.05, 3.63) is 52.2 Å². The van der Waals surface area contributed by atoms with Gasteiger partial charge in [-0.15, -0.1) is 11.3 Å². The molecule has 1 aromatic carbocycles. The fourth-order valence-corrected chi connectivity index (χ4v) is 2.47. The molecular weight excluding hydrogens is 272 g/mol. The first-order valence-electron chi connectivity index (χ1n) is 6.28. The van der Waals surface area contributed by atoms with E-state index >= 15 is 0 Å². The summed E-state index contributed by atoms with van der Waals surface area (Å²) in [7, 11) is 0. The van der Waals surface area contributed by atoms with Gasteiger partial charge >= 0.3 is 0 Å². The maximum absolute atomic E-state index is 12.0. The Morgan fingerprint density at radius 1 is 1.20 bits per heavy atom. The lowest BCUT2D eigenvalue weighted by Crippen LogP contribution is -2.25. The van der Waals surface area contributed by atoms with E-state index in [-0.39, 0.29) is 17.9 Å². The molecule has 20 heavy (non-hydrogen) atoms. The van der Waals surface area contributed by atoms with Crippen molar-refractivity contribution in [1.29, 1.82) is 0 Å². The molecule has 4 nitrogen and oxygen atoms in total. The third-order valence-corrected chi connectivity index (χ3v) is 3.67. The van der Waals surface area contributed by atoms with Crippen LogP contribution in [0.5, 0.6) is 0 Å². The van der Waals surface area contributed by atoms with Crippen molar-refractivity contribution in [2.75, 3.05) is 5.32 Å². The second-order valence-corrected chi connectivity index (χ2v) is 5.43. The minimum absolute atomic E-state index is 0.0857. The van der Waals surface area contributed by atoms with E-state index in [9.17, 15) is 9.59 Å². The molecule has 0 unspecified atom stereocenters. The summed E-state index contributed by atoms with van der Waals surface area (Å²) in [5.41, 5.74) is 1.67. The van der Waals surface area contributed by atoms with Crippen LogP contribution in [0, 0.1) is 0 Å². The molecule has 2 rings (SSSR count). The molecule has 104 valence electrons. The standard InChI is InChI=1S/C15H16N2O2S/c1-10(16-15(19)14-7-4-8-20-14)12-5-3-6-13(9-12)17-11(2)18/h3-10H,1-2H3,(H,16,19)(H,17,18)/t10-/m1/s1. The summed E-state index contributed by atoms with van der Waals surface area (Å²) >= 11 is 1.41. The van der Waals surface area contributed by atoms with E-state index in [1.165, 1.54) is 18.3 Å². The Morgan fingerprint density at radius 2 is 2.00 bits per heavy atom. The maximum atomic E-state index is 12.0. The Hall–Kier alpha value is -2.14. The SMILES string of the molecule is CC(=O)Nc1cccc([C@@H](C)NC(=O)c2cccs2)c1. The number of anilines is 1. The third-order valence-electron chi connectivity index (χ3n) is 2.80. The summed E-state index contributed by atoms with van der Waals surface area (Å²) in [4.78, 5) is 23.7. The van der Waals surface area contributed by atoms with E-state index in [4.69, 9.17) is 0 Å². The first kappa shape index (κ1) is 14.3. The van der Waals surface area contributed by atoms with Crippen LogP contribution in [-0.4, -0.2) is 11.8 Å². The molecule has 0 aliphatic carbocycles. The molecule has 1 atom stereocenters. The first-order chi connectivity index (χ1) is 9.56. The zero-order valence-electron chi connectivity index (χ0n) is 11.3. The third kappa shape index (κ3) is 3.68. The molecule has 0 saturated carbocycles. The Balaban J connectivity index is 2.07. The summed E-state index contributed by atoms with van der Waals surface area (Å²) in [5.74, 6) is -0.199. The molecule has 0 fully saturated rings. The minimum atomic E-state index is -0.127. The maximum Gasteiger partial charge on any atom is 0.261 e. The smallest absolute Gasteiger partial charge is 0.261 e. The van der Waals surface area contributed by atoms with E-state index in [2.05, 4.69) is 10.6 Å². The van der Waals surface area contributed by atoms with Crippen LogP contribution >= 0.6 is 11.3 Å². The summed E-state index contributed by atoms with van der Waals surface area (Å²) in [6, 6.07) is 11.0. The van der Waals surface area contributed by atoms with Crippen molar-refractivity contribution < 1.29 is 9.59 Å². The molecule has 2 amide bonds. The molecule has 1 heterocycles. The number of benzene rings is 1. The van der Waals surface area contributed by atoms with Crippen molar-refractivity contribution in [2.24, 2.45) is 0 Å². The number of hydrogen-bond acceptors (Lipinski definition) is 3. The van der Waals surface area contributed by atoms with Gasteiger partial charge < -0.3 is 10.6 Å². The van der Waals surface area contributed by atoms with Gasteiger partial charge in [-0.1, -0.05) is 18.2 Å². The fraction of sp³-hybridized carbons (Fsp3) is 0.200. The van der Waals surface area contributed by atoms with Gasteiger partial charge in [0.05, 0.1) is 10.9 Å². The van der Waals surface area contributed by atoms with Crippen LogP contribution in [-0.2, 0) is 4.79 Å². The predicted octanol–water partition coefficient (Wildman–Crippen LogP) is 3.20. The van der Waals surface area contributed by atoms with Crippen LogP contribution in [0.15, 0.2) is 41.8 Å². The van der Waals surface area contributed by atoms with Crippen LogP contribution in [0.4, 0.5) is 5.69 Å². The molecule has 0 bridgehead atoms. The van der Waals surface area contributed by atoms with Gasteiger partial charge in [-0.2, -0.15) is 0 Å². The number of rotatable bonds is 4. The molecule has 0 radical (unpaired) electrons. The Bertz CT molecular complexity index is 608. The molecule has 5 heteroatoms. The minimum Gasteiger partial charge on any atom is -0.345 e. The Kier molecular flexibility index (Phi) is 4.53. The van der Waals surface area contributed by atoms with Crippen molar-refractivity contribution in [2.45, 2.75) is 19.9 Å². The van der Waals surface area contributed by atoms with Gasteiger partial charge in [-0.05, 0) is 36.1 Å². The Labute approximate surface area is 121 Å². The van der Waals surface area contributed by atoms with Gasteiger partial charge in [0.15, 0.2) is 0 Å². The zero-order chi connectivity index (χ0) is 14.5. The van der Waals surface area contributed by atoms with Gasteiger partial charge in [0, 0.05) is 12.6 Å². The highest BCUT2D eigenvalue weighted by atomic mass is 32.1. The highest BCUT2D eigenvalue weighted by Crippen LogP contribution is 2.18. The van der Waals surface area contributed by atoms with E-state index < -0.39 is 0 Å². The average molecular weight is 288 g/mol. The molecule has 2 N–H and O–H groups in total. The van der Waals surface area contributed by atoms with Crippen molar-refractivity contribution in [3.63, 3.8) is 0 Å². The number of amides is 2. The second kappa shape index (κ2) is 6.34. The van der Waals surface area contributed by atoms with E-state index in [1.54, 1.807) is 6.07 Å². The lowest BCUT2D eigenvalue weighted by Gasteiger charge is -2.15. The number of hydrogen-bond donors (Lipinski definition) is 2. The highest BCUT2D eigenvalue weighted by Gasteiger charge is 2.12. The van der Waals surface area contributed by atoms with Crippen molar-refractivity contribution >= 4 is 28.8 Å². The van der Waals surface area contributed by atoms with E-state index in [1.807, 2.05) is 42.6 Å². The summed E-state index contributed by atoms with van der Waals surface area (Å²) in [6.45, 7) is 3.38. The van der Waals surface area contributed by atoms with Crippen molar-refractivity contribution in [3.8, 4) is 0 Å². The number of thiophene rings is 1. The molecule has 1 aromatic heterocycles. The molecule has 0 spiro atoms. The lowest BCUT2D eigenvalue weighted by atomic mass is 10.1. The number of carbonyl (C=O) groups excluding carboxylic acids is 2. The molecule has 0 saturated heterocycles. The Morgan fingerprint density at radius 3 is 2.65 bits per heavy atom. The van der Waals surface area contributed by atoms with Crippen LogP contribution in [0.25, 0.3) is 0 Å². The van der Waals surface area contributed by atoms with Gasteiger partial charge in [-0.3, -0.25) is 9.59 Å². The second-order valence-electron chi connectivity index (χ2n) is 4.48. The lowest BCUT2D eigenvalue weighted by molar-refractivity contribution is -0.114. The first-order valence-corrected chi connectivity index (χ1v) is 7.16. The number of carbonyl (C=O) groups is 2. The van der Waals surface area contributed by atoms with E-state index in [0.717, 1.165) is 11.3 Å². The number of nitrogens with one attached hydrogen (secondary N) is 2.